The molecule has 0 aliphatic heterocycles. The maximum Gasteiger partial charge on any atom is 0.274 e. The van der Waals surface area contributed by atoms with Gasteiger partial charge in [-0.3, -0.25) is 9.48 Å². The molecule has 2 rings (SSSR count). The van der Waals surface area contributed by atoms with E-state index in [9.17, 15) is 4.79 Å². The minimum Gasteiger partial charge on any atom is -0.396 e. The molecule has 1 aromatic heterocycles. The summed E-state index contributed by atoms with van der Waals surface area (Å²) in [6, 6.07) is 0. The number of carbonyl (C=O) groups excluding carboxylic acids is 1. The van der Waals surface area contributed by atoms with Crippen LogP contribution < -0.4 is 5.73 Å². The monoisotopic (exact) mass is 222 g/mol. The quantitative estimate of drug-likeness (QED) is 0.822. The molecule has 0 saturated heterocycles. The van der Waals surface area contributed by atoms with E-state index in [1.807, 2.05) is 11.8 Å². The lowest BCUT2D eigenvalue weighted by Gasteiger charge is -2.20. The Hall–Kier alpha value is -1.52. The Balaban J connectivity index is 2.15. The molecule has 0 spiro atoms. The average Bonchev–Trinajstić information content (AvgIpc) is 3.01. The van der Waals surface area contributed by atoms with Crippen LogP contribution in [0.1, 0.15) is 30.3 Å². The molecule has 5 nitrogen and oxygen atoms in total. The molecule has 1 fully saturated rings. The van der Waals surface area contributed by atoms with Gasteiger partial charge in [0.1, 0.15) is 5.69 Å². The van der Waals surface area contributed by atoms with E-state index in [0.29, 0.717) is 17.3 Å². The maximum atomic E-state index is 12.2. The first-order valence-electron chi connectivity index (χ1n) is 5.70. The molecule has 0 radical (unpaired) electrons. The van der Waals surface area contributed by atoms with Crippen LogP contribution >= 0.6 is 0 Å². The second-order valence-corrected chi connectivity index (χ2v) is 4.36. The van der Waals surface area contributed by atoms with Gasteiger partial charge in [0.15, 0.2) is 0 Å². The van der Waals surface area contributed by atoms with Gasteiger partial charge in [-0.1, -0.05) is 0 Å². The SMILES string of the molecule is CCN(CC1CC1)C(=O)c1c(N)cnn1C. The molecule has 1 aliphatic rings. The Labute approximate surface area is 95.2 Å². The van der Waals surface area contributed by atoms with Crippen molar-refractivity contribution in [1.82, 2.24) is 14.7 Å². The van der Waals surface area contributed by atoms with Gasteiger partial charge >= 0.3 is 0 Å². The van der Waals surface area contributed by atoms with Gasteiger partial charge in [-0.2, -0.15) is 5.10 Å². The zero-order valence-electron chi connectivity index (χ0n) is 9.81. The third kappa shape index (κ3) is 2.03. The number of nitrogens with two attached hydrogens (primary N) is 1. The fourth-order valence-corrected chi connectivity index (χ4v) is 1.83. The number of hydrogen-bond acceptors (Lipinski definition) is 3. The van der Waals surface area contributed by atoms with Crippen molar-refractivity contribution in [1.29, 1.82) is 0 Å². The van der Waals surface area contributed by atoms with Crippen LogP contribution in [0.4, 0.5) is 5.69 Å². The van der Waals surface area contributed by atoms with E-state index in [4.69, 9.17) is 5.73 Å². The number of aryl methyl sites for hydroxylation is 1. The first kappa shape index (κ1) is 11.0. The van der Waals surface area contributed by atoms with Crippen LogP contribution in [-0.2, 0) is 7.05 Å². The van der Waals surface area contributed by atoms with Crippen molar-refractivity contribution in [2.24, 2.45) is 13.0 Å². The molecule has 0 bridgehead atoms. The first-order chi connectivity index (χ1) is 7.63. The van der Waals surface area contributed by atoms with Gasteiger partial charge < -0.3 is 10.6 Å². The number of hydrogen-bond donors (Lipinski definition) is 1. The van der Waals surface area contributed by atoms with Crippen molar-refractivity contribution in [2.45, 2.75) is 19.8 Å². The van der Waals surface area contributed by atoms with E-state index in [2.05, 4.69) is 5.10 Å². The number of nitrogen functional groups attached to an aromatic ring is 1. The largest absolute Gasteiger partial charge is 0.396 e. The van der Waals surface area contributed by atoms with E-state index >= 15 is 0 Å². The normalized spacial score (nSPS) is 15.1. The maximum absolute atomic E-state index is 12.2. The Kier molecular flexibility index (Phi) is 2.85. The van der Waals surface area contributed by atoms with Gasteiger partial charge in [-0.05, 0) is 25.7 Å². The van der Waals surface area contributed by atoms with Crippen LogP contribution in [0.2, 0.25) is 0 Å². The lowest BCUT2D eigenvalue weighted by Crippen LogP contribution is -2.34. The van der Waals surface area contributed by atoms with Crippen molar-refractivity contribution in [3.8, 4) is 0 Å². The molecule has 0 atom stereocenters. The van der Waals surface area contributed by atoms with Gasteiger partial charge in [0, 0.05) is 20.1 Å². The van der Waals surface area contributed by atoms with Gasteiger partial charge in [-0.25, -0.2) is 0 Å². The molecule has 1 saturated carbocycles. The van der Waals surface area contributed by atoms with Crippen molar-refractivity contribution in [3.05, 3.63) is 11.9 Å². The molecule has 2 N–H and O–H groups in total. The molecule has 88 valence electrons. The molecule has 1 aromatic rings. The number of rotatable bonds is 4. The molecule has 5 heteroatoms. The van der Waals surface area contributed by atoms with Crippen LogP contribution in [0, 0.1) is 5.92 Å². The van der Waals surface area contributed by atoms with E-state index < -0.39 is 0 Å². The molecule has 16 heavy (non-hydrogen) atoms. The van der Waals surface area contributed by atoms with E-state index in [1.165, 1.54) is 19.0 Å². The Bertz CT molecular complexity index is 375. The van der Waals surface area contributed by atoms with Crippen molar-refractivity contribution in [3.63, 3.8) is 0 Å². The molecule has 0 unspecified atom stereocenters. The van der Waals surface area contributed by atoms with E-state index in [0.717, 1.165) is 13.1 Å². The summed E-state index contributed by atoms with van der Waals surface area (Å²) in [5, 5.41) is 3.99. The Morgan fingerprint density at radius 1 is 1.69 bits per heavy atom. The highest BCUT2D eigenvalue weighted by molar-refractivity contribution is 5.97. The predicted molar refractivity (Wildman–Crippen MR) is 61.9 cm³/mol. The summed E-state index contributed by atoms with van der Waals surface area (Å²) in [4.78, 5) is 14.1. The number of nitrogens with zero attached hydrogens (tertiary/aromatic N) is 3. The summed E-state index contributed by atoms with van der Waals surface area (Å²) in [7, 11) is 1.74. The Morgan fingerprint density at radius 3 is 2.81 bits per heavy atom. The smallest absolute Gasteiger partial charge is 0.274 e. The van der Waals surface area contributed by atoms with Gasteiger partial charge in [0.05, 0.1) is 11.9 Å². The van der Waals surface area contributed by atoms with E-state index in [1.54, 1.807) is 11.7 Å². The predicted octanol–water partition coefficient (Wildman–Crippen LogP) is 0.874. The fraction of sp³-hybridized carbons (Fsp3) is 0.636. The topological polar surface area (TPSA) is 64.2 Å². The average molecular weight is 222 g/mol. The van der Waals surface area contributed by atoms with Crippen molar-refractivity contribution >= 4 is 11.6 Å². The van der Waals surface area contributed by atoms with E-state index in [-0.39, 0.29) is 5.91 Å². The fourth-order valence-electron chi connectivity index (χ4n) is 1.83. The van der Waals surface area contributed by atoms with Crippen LogP contribution in [0.25, 0.3) is 0 Å². The lowest BCUT2D eigenvalue weighted by molar-refractivity contribution is 0.0747. The molecule has 1 amide bonds. The minimum absolute atomic E-state index is 0.00750. The highest BCUT2D eigenvalue weighted by Gasteiger charge is 2.28. The molecular formula is C11H18N4O. The molecule has 0 aromatic carbocycles. The number of aromatic nitrogens is 2. The number of carbonyl (C=O) groups is 1. The third-order valence-electron chi connectivity index (χ3n) is 3.01. The zero-order chi connectivity index (χ0) is 11.7. The molecule has 1 heterocycles. The van der Waals surface area contributed by atoms with Gasteiger partial charge in [0.25, 0.3) is 5.91 Å². The van der Waals surface area contributed by atoms with Gasteiger partial charge in [0.2, 0.25) is 0 Å². The summed E-state index contributed by atoms with van der Waals surface area (Å²) in [5.41, 5.74) is 6.71. The number of amides is 1. The van der Waals surface area contributed by atoms with Crippen molar-refractivity contribution < 1.29 is 4.79 Å². The van der Waals surface area contributed by atoms with Crippen LogP contribution in [0.5, 0.6) is 0 Å². The molecule has 1 aliphatic carbocycles. The third-order valence-corrected chi connectivity index (χ3v) is 3.01. The lowest BCUT2D eigenvalue weighted by atomic mass is 10.3. The highest BCUT2D eigenvalue weighted by Crippen LogP contribution is 2.30. The highest BCUT2D eigenvalue weighted by atomic mass is 16.2. The summed E-state index contributed by atoms with van der Waals surface area (Å²) < 4.78 is 1.55. The minimum atomic E-state index is -0.00750. The molecular weight excluding hydrogens is 204 g/mol. The Morgan fingerprint density at radius 2 is 2.38 bits per heavy atom. The van der Waals surface area contributed by atoms with Crippen LogP contribution in [0.3, 0.4) is 0 Å². The van der Waals surface area contributed by atoms with Crippen LogP contribution in [0.15, 0.2) is 6.20 Å². The second kappa shape index (κ2) is 4.15. The van der Waals surface area contributed by atoms with Gasteiger partial charge in [-0.15, -0.1) is 0 Å². The van der Waals surface area contributed by atoms with Crippen molar-refractivity contribution in [2.75, 3.05) is 18.8 Å². The number of anilines is 1. The summed E-state index contributed by atoms with van der Waals surface area (Å²) in [6.07, 6.45) is 4.01. The summed E-state index contributed by atoms with van der Waals surface area (Å²) in [6.45, 7) is 3.56. The summed E-state index contributed by atoms with van der Waals surface area (Å²) >= 11 is 0. The standard InChI is InChI=1S/C11H18N4O/c1-3-15(7-8-4-5-8)11(16)10-9(12)6-13-14(10)2/h6,8H,3-5,7,12H2,1-2H3. The second-order valence-electron chi connectivity index (χ2n) is 4.36. The zero-order valence-corrected chi connectivity index (χ0v) is 9.81. The van der Waals surface area contributed by atoms with Crippen LogP contribution in [-0.4, -0.2) is 33.7 Å². The summed E-state index contributed by atoms with van der Waals surface area (Å²) in [5.74, 6) is 0.685. The first-order valence-corrected chi connectivity index (χ1v) is 5.70.